The second kappa shape index (κ2) is 5.88. The van der Waals surface area contributed by atoms with Crippen LogP contribution in [0.25, 0.3) is 0 Å². The minimum atomic E-state index is 0.411. The van der Waals surface area contributed by atoms with Gasteiger partial charge in [0.15, 0.2) is 0 Å². The monoisotopic (exact) mass is 316 g/mol. The van der Waals surface area contributed by atoms with Gasteiger partial charge in [-0.25, -0.2) is 0 Å². The van der Waals surface area contributed by atoms with E-state index in [4.69, 9.17) is 0 Å². The lowest BCUT2D eigenvalue weighted by Crippen LogP contribution is -2.51. The van der Waals surface area contributed by atoms with Gasteiger partial charge in [0.05, 0.1) is 0 Å². The first-order valence-corrected chi connectivity index (χ1v) is 10.5. The molecule has 4 aliphatic rings. The third kappa shape index (κ3) is 2.61. The quantitative estimate of drug-likeness (QED) is 0.591. The molecule has 4 saturated carbocycles. The molecule has 4 aliphatic carbocycles. The molecular formula is C22H36O. The Morgan fingerprint density at radius 1 is 0.870 bits per heavy atom. The smallest absolute Gasteiger partial charge is 0.133 e. The molecule has 130 valence electrons. The highest BCUT2D eigenvalue weighted by molar-refractivity contribution is 5.78. The predicted octanol–water partition coefficient (Wildman–Crippen LogP) is 5.87. The number of carbonyl (C=O) groups excluding carboxylic acids is 1. The van der Waals surface area contributed by atoms with Crippen molar-refractivity contribution in [3.8, 4) is 0 Å². The van der Waals surface area contributed by atoms with E-state index in [1.807, 2.05) is 6.92 Å². The minimum Gasteiger partial charge on any atom is -0.300 e. The maximum Gasteiger partial charge on any atom is 0.133 e. The average molecular weight is 317 g/mol. The molecule has 8 atom stereocenters. The van der Waals surface area contributed by atoms with Crippen LogP contribution in [0.3, 0.4) is 0 Å². The maximum atomic E-state index is 12.1. The molecule has 0 aromatic heterocycles. The molecule has 4 fully saturated rings. The van der Waals surface area contributed by atoms with E-state index in [2.05, 4.69) is 13.8 Å². The van der Waals surface area contributed by atoms with E-state index in [9.17, 15) is 4.79 Å². The lowest BCUT2D eigenvalue weighted by atomic mass is 9.46. The summed E-state index contributed by atoms with van der Waals surface area (Å²) in [5, 5.41) is 0. The van der Waals surface area contributed by atoms with Crippen molar-refractivity contribution in [3.05, 3.63) is 0 Å². The van der Waals surface area contributed by atoms with Crippen LogP contribution >= 0.6 is 0 Å². The van der Waals surface area contributed by atoms with Crippen molar-refractivity contribution in [3.63, 3.8) is 0 Å². The van der Waals surface area contributed by atoms with E-state index >= 15 is 0 Å². The highest BCUT2D eigenvalue weighted by Gasteiger charge is 2.54. The van der Waals surface area contributed by atoms with Gasteiger partial charge >= 0.3 is 0 Å². The summed E-state index contributed by atoms with van der Waals surface area (Å²) in [7, 11) is 0. The van der Waals surface area contributed by atoms with Crippen molar-refractivity contribution < 1.29 is 4.79 Å². The summed E-state index contributed by atoms with van der Waals surface area (Å²) in [4.78, 5) is 12.1. The zero-order valence-electron chi connectivity index (χ0n) is 15.5. The third-order valence-electron chi connectivity index (χ3n) is 8.82. The van der Waals surface area contributed by atoms with Gasteiger partial charge in [-0.05, 0) is 99.2 Å². The van der Waals surface area contributed by atoms with Crippen LogP contribution in [0, 0.1) is 46.8 Å². The molecule has 0 spiro atoms. The average Bonchev–Trinajstić information content (AvgIpc) is 2.52. The van der Waals surface area contributed by atoms with Crippen molar-refractivity contribution in [2.75, 3.05) is 0 Å². The van der Waals surface area contributed by atoms with Crippen molar-refractivity contribution in [2.45, 2.75) is 85.0 Å². The van der Waals surface area contributed by atoms with E-state index in [-0.39, 0.29) is 0 Å². The molecule has 0 heterocycles. The van der Waals surface area contributed by atoms with Gasteiger partial charge in [-0.1, -0.05) is 26.7 Å². The summed E-state index contributed by atoms with van der Waals surface area (Å²) in [5.41, 5.74) is 0.639. The molecule has 0 aromatic carbocycles. The van der Waals surface area contributed by atoms with Gasteiger partial charge < -0.3 is 0 Å². The Balaban J connectivity index is 1.56. The topological polar surface area (TPSA) is 17.1 Å². The molecule has 0 saturated heterocycles. The van der Waals surface area contributed by atoms with Gasteiger partial charge in [-0.15, -0.1) is 0 Å². The normalized spacial score (nSPS) is 52.9. The molecule has 1 nitrogen and oxygen atoms in total. The highest BCUT2D eigenvalue weighted by atomic mass is 16.1. The number of hydrogen-bond acceptors (Lipinski definition) is 1. The standard InChI is InChI=1S/C22H36O/c1-14-7-10-21-20-9-8-18-16(15(2)23)5-4-6-17(18)19(20)11-12-22(21,3)13-14/h14,16-21H,4-13H2,1-3H3/t14-,16+,17?,18+,19-,20?,21+,22+/m0/s1. The second-order valence-corrected chi connectivity index (χ2v) is 10.1. The second-order valence-electron chi connectivity index (χ2n) is 10.1. The SMILES string of the molecule is CC(=O)[C@H]1CCCC2[C@@H]3CC[C@]4(C)C[C@@H](C)CC[C@@H]4C3CC[C@@H]21. The van der Waals surface area contributed by atoms with Gasteiger partial charge in [-0.3, -0.25) is 4.79 Å². The van der Waals surface area contributed by atoms with Gasteiger partial charge in [0.25, 0.3) is 0 Å². The summed E-state index contributed by atoms with van der Waals surface area (Å²) >= 11 is 0. The van der Waals surface area contributed by atoms with Crippen LogP contribution in [-0.2, 0) is 4.79 Å². The maximum absolute atomic E-state index is 12.1. The first-order valence-electron chi connectivity index (χ1n) is 10.5. The minimum absolute atomic E-state index is 0.411. The van der Waals surface area contributed by atoms with E-state index in [1.165, 1.54) is 64.2 Å². The Bertz CT molecular complexity index is 469. The van der Waals surface area contributed by atoms with Gasteiger partial charge in [0.1, 0.15) is 5.78 Å². The van der Waals surface area contributed by atoms with E-state index in [0.29, 0.717) is 17.1 Å². The van der Waals surface area contributed by atoms with Crippen LogP contribution in [0.15, 0.2) is 0 Å². The van der Waals surface area contributed by atoms with Gasteiger partial charge in [0.2, 0.25) is 0 Å². The molecule has 0 amide bonds. The largest absolute Gasteiger partial charge is 0.300 e. The Morgan fingerprint density at radius 2 is 1.61 bits per heavy atom. The van der Waals surface area contributed by atoms with Crippen LogP contribution in [-0.4, -0.2) is 5.78 Å². The van der Waals surface area contributed by atoms with E-state index in [1.54, 1.807) is 0 Å². The Kier molecular flexibility index (Phi) is 4.13. The first-order chi connectivity index (χ1) is 11.0. The molecule has 0 aliphatic heterocycles. The third-order valence-corrected chi connectivity index (χ3v) is 8.82. The number of carbonyl (C=O) groups is 1. The van der Waals surface area contributed by atoms with Crippen LogP contribution in [0.2, 0.25) is 0 Å². The number of ketones is 1. The van der Waals surface area contributed by atoms with E-state index < -0.39 is 0 Å². The number of rotatable bonds is 1. The Morgan fingerprint density at radius 3 is 2.39 bits per heavy atom. The van der Waals surface area contributed by atoms with Crippen LogP contribution in [0.4, 0.5) is 0 Å². The lowest BCUT2D eigenvalue weighted by Gasteiger charge is -2.59. The molecule has 0 N–H and O–H groups in total. The van der Waals surface area contributed by atoms with Crippen LogP contribution in [0.1, 0.15) is 85.0 Å². The zero-order valence-corrected chi connectivity index (χ0v) is 15.5. The highest BCUT2D eigenvalue weighted by Crippen LogP contribution is 2.62. The van der Waals surface area contributed by atoms with Crippen molar-refractivity contribution in [1.82, 2.24) is 0 Å². The summed E-state index contributed by atoms with van der Waals surface area (Å²) in [6, 6.07) is 0. The fourth-order valence-electron chi connectivity index (χ4n) is 7.97. The molecule has 2 unspecified atom stereocenters. The molecule has 1 heteroatoms. The zero-order chi connectivity index (χ0) is 16.2. The predicted molar refractivity (Wildman–Crippen MR) is 95.1 cm³/mol. The van der Waals surface area contributed by atoms with Gasteiger partial charge in [-0.2, -0.15) is 0 Å². The number of Topliss-reactive ketones (excluding diaryl/α,β-unsaturated/α-hetero) is 1. The summed E-state index contributed by atoms with van der Waals surface area (Å²) in [6.45, 7) is 6.96. The fourth-order valence-corrected chi connectivity index (χ4v) is 7.97. The Labute approximate surface area is 143 Å². The lowest BCUT2D eigenvalue weighted by molar-refractivity contribution is -0.132. The fraction of sp³-hybridized carbons (Fsp3) is 0.955. The van der Waals surface area contributed by atoms with E-state index in [0.717, 1.165) is 35.5 Å². The number of hydrogen-bond donors (Lipinski definition) is 0. The Hall–Kier alpha value is -0.330. The molecule has 4 rings (SSSR count). The van der Waals surface area contributed by atoms with Crippen molar-refractivity contribution >= 4 is 5.78 Å². The summed E-state index contributed by atoms with van der Waals surface area (Å²) < 4.78 is 0. The van der Waals surface area contributed by atoms with Gasteiger partial charge in [0, 0.05) is 5.92 Å². The summed E-state index contributed by atoms with van der Waals surface area (Å²) in [5.74, 6) is 6.43. The van der Waals surface area contributed by atoms with Crippen LogP contribution in [0.5, 0.6) is 0 Å². The molecule has 0 aromatic rings. The van der Waals surface area contributed by atoms with Crippen LogP contribution < -0.4 is 0 Å². The molecule has 23 heavy (non-hydrogen) atoms. The van der Waals surface area contributed by atoms with Crippen molar-refractivity contribution in [2.24, 2.45) is 46.8 Å². The van der Waals surface area contributed by atoms with Crippen molar-refractivity contribution in [1.29, 1.82) is 0 Å². The molecular weight excluding hydrogens is 280 g/mol. The molecule has 0 bridgehead atoms. The number of fused-ring (bicyclic) bond motifs is 5. The first kappa shape index (κ1) is 16.2. The molecule has 0 radical (unpaired) electrons. The summed E-state index contributed by atoms with van der Waals surface area (Å²) in [6.07, 6.45) is 14.1.